The maximum Gasteiger partial charge on any atom is 0.192 e. The van der Waals surface area contributed by atoms with E-state index in [4.69, 9.17) is 4.42 Å². The predicted octanol–water partition coefficient (Wildman–Crippen LogP) is 2.34. The lowest BCUT2D eigenvalue weighted by atomic mass is 10.1. The molecule has 19 heavy (non-hydrogen) atoms. The van der Waals surface area contributed by atoms with Crippen molar-refractivity contribution >= 4 is 16.9 Å². The number of oxazole rings is 1. The zero-order valence-electron chi connectivity index (χ0n) is 10.9. The van der Waals surface area contributed by atoms with E-state index in [1.54, 1.807) is 0 Å². The normalized spacial score (nSPS) is 10.9. The number of rotatable bonds is 2. The van der Waals surface area contributed by atoms with Crippen LogP contribution < -0.4 is 5.32 Å². The van der Waals surface area contributed by atoms with Crippen LogP contribution in [0.4, 0.5) is 5.82 Å². The van der Waals surface area contributed by atoms with Gasteiger partial charge in [0.05, 0.1) is 0 Å². The fourth-order valence-corrected chi connectivity index (χ4v) is 1.97. The molecule has 0 atom stereocenters. The monoisotopic (exact) mass is 255 g/mol. The van der Waals surface area contributed by atoms with Crippen molar-refractivity contribution < 1.29 is 4.42 Å². The van der Waals surface area contributed by atoms with Gasteiger partial charge in [-0.05, 0) is 25.1 Å². The molecule has 2 aromatic heterocycles. The average Bonchev–Trinajstić information content (AvgIpc) is 2.77. The average molecular weight is 255 g/mol. The fourth-order valence-electron chi connectivity index (χ4n) is 1.97. The van der Waals surface area contributed by atoms with Gasteiger partial charge in [-0.2, -0.15) is 0 Å². The molecule has 0 amide bonds. The lowest BCUT2D eigenvalue weighted by Gasteiger charge is -2.06. The number of aryl methyl sites for hydroxylation is 2. The second-order valence-electron chi connectivity index (χ2n) is 4.22. The summed E-state index contributed by atoms with van der Waals surface area (Å²) in [4.78, 5) is 8.64. The van der Waals surface area contributed by atoms with Gasteiger partial charge >= 0.3 is 0 Å². The van der Waals surface area contributed by atoms with E-state index in [2.05, 4.69) is 25.5 Å². The molecule has 2 heterocycles. The minimum Gasteiger partial charge on any atom is -0.441 e. The number of hydrogen-bond donors (Lipinski definition) is 1. The van der Waals surface area contributed by atoms with Gasteiger partial charge < -0.3 is 9.73 Å². The summed E-state index contributed by atoms with van der Waals surface area (Å²) in [5.41, 5.74) is 3.18. The number of anilines is 1. The van der Waals surface area contributed by atoms with Gasteiger partial charge in [0.15, 0.2) is 17.3 Å². The molecule has 0 spiro atoms. The Morgan fingerprint density at radius 3 is 2.74 bits per heavy atom. The highest BCUT2D eigenvalue weighted by molar-refractivity contribution is 5.82. The second-order valence-corrected chi connectivity index (χ2v) is 4.22. The van der Waals surface area contributed by atoms with Crippen molar-refractivity contribution in [3.05, 3.63) is 29.9 Å². The number of aromatic nitrogens is 4. The lowest BCUT2D eigenvalue weighted by molar-refractivity contribution is 0.561. The number of fused-ring (bicyclic) bond motifs is 1. The van der Waals surface area contributed by atoms with Crippen molar-refractivity contribution in [3.63, 3.8) is 0 Å². The molecule has 1 N–H and O–H groups in total. The van der Waals surface area contributed by atoms with Crippen LogP contribution >= 0.6 is 0 Å². The van der Waals surface area contributed by atoms with Crippen LogP contribution in [0.2, 0.25) is 0 Å². The van der Waals surface area contributed by atoms with Gasteiger partial charge in [0, 0.05) is 19.5 Å². The molecule has 0 aliphatic rings. The molecule has 0 fully saturated rings. The van der Waals surface area contributed by atoms with Crippen molar-refractivity contribution in [1.29, 1.82) is 0 Å². The SMILES string of the molecule is CNc1nc(C)nnc1-c1ccc2oc(C)nc2c1. The summed E-state index contributed by atoms with van der Waals surface area (Å²) in [7, 11) is 1.81. The van der Waals surface area contributed by atoms with Crippen LogP contribution in [0.15, 0.2) is 22.6 Å². The van der Waals surface area contributed by atoms with Gasteiger partial charge in [0.2, 0.25) is 0 Å². The third-order valence-electron chi connectivity index (χ3n) is 2.80. The zero-order chi connectivity index (χ0) is 13.4. The van der Waals surface area contributed by atoms with Crippen molar-refractivity contribution in [2.24, 2.45) is 0 Å². The van der Waals surface area contributed by atoms with Crippen LogP contribution in [0.1, 0.15) is 11.7 Å². The smallest absolute Gasteiger partial charge is 0.192 e. The maximum atomic E-state index is 5.46. The van der Waals surface area contributed by atoms with Gasteiger partial charge in [-0.15, -0.1) is 10.2 Å². The van der Waals surface area contributed by atoms with Gasteiger partial charge in [-0.25, -0.2) is 9.97 Å². The highest BCUT2D eigenvalue weighted by Gasteiger charge is 2.11. The highest BCUT2D eigenvalue weighted by atomic mass is 16.3. The molecule has 6 heteroatoms. The molecular formula is C13H13N5O. The van der Waals surface area contributed by atoms with Crippen LogP contribution in [0.5, 0.6) is 0 Å². The number of nitrogens with one attached hydrogen (secondary N) is 1. The molecule has 3 aromatic rings. The van der Waals surface area contributed by atoms with Crippen LogP contribution in [-0.2, 0) is 0 Å². The first-order valence-electron chi connectivity index (χ1n) is 5.94. The van der Waals surface area contributed by atoms with Crippen molar-refractivity contribution in [3.8, 4) is 11.3 Å². The summed E-state index contributed by atoms with van der Waals surface area (Å²) in [5, 5.41) is 11.2. The van der Waals surface area contributed by atoms with E-state index < -0.39 is 0 Å². The minimum absolute atomic E-state index is 0.631. The number of benzene rings is 1. The highest BCUT2D eigenvalue weighted by Crippen LogP contribution is 2.26. The topological polar surface area (TPSA) is 76.7 Å². The summed E-state index contributed by atoms with van der Waals surface area (Å²) in [6, 6.07) is 5.73. The molecular weight excluding hydrogens is 242 g/mol. The Morgan fingerprint density at radius 1 is 1.11 bits per heavy atom. The van der Waals surface area contributed by atoms with E-state index in [1.165, 1.54) is 0 Å². The van der Waals surface area contributed by atoms with Gasteiger partial charge in [0.1, 0.15) is 17.0 Å². The quantitative estimate of drug-likeness (QED) is 0.757. The van der Waals surface area contributed by atoms with Crippen LogP contribution in [-0.4, -0.2) is 27.2 Å². The Morgan fingerprint density at radius 2 is 1.95 bits per heavy atom. The first-order chi connectivity index (χ1) is 9.17. The molecule has 0 bridgehead atoms. The molecule has 3 rings (SSSR count). The van der Waals surface area contributed by atoms with E-state index in [0.717, 1.165) is 16.7 Å². The Hall–Kier alpha value is -2.50. The molecule has 0 aliphatic heterocycles. The lowest BCUT2D eigenvalue weighted by Crippen LogP contribution is -2.02. The van der Waals surface area contributed by atoms with Crippen LogP contribution in [0, 0.1) is 13.8 Å². The largest absolute Gasteiger partial charge is 0.441 e. The van der Waals surface area contributed by atoms with E-state index in [-0.39, 0.29) is 0 Å². The Bertz CT molecular complexity index is 750. The standard InChI is InChI=1S/C13H13N5O/c1-7-15-13(14-3)12(18-17-7)9-4-5-11-10(6-9)16-8(2)19-11/h4-6H,1-3H3,(H,14,15,17). The summed E-state index contributed by atoms with van der Waals surface area (Å²) in [6.07, 6.45) is 0. The minimum atomic E-state index is 0.631. The number of hydrogen-bond acceptors (Lipinski definition) is 6. The summed E-state index contributed by atoms with van der Waals surface area (Å²) >= 11 is 0. The van der Waals surface area contributed by atoms with Crippen molar-refractivity contribution in [1.82, 2.24) is 20.2 Å². The molecule has 6 nitrogen and oxygen atoms in total. The van der Waals surface area contributed by atoms with E-state index in [0.29, 0.717) is 23.2 Å². The molecule has 0 unspecified atom stereocenters. The Labute approximate surface area is 109 Å². The number of nitrogens with zero attached hydrogens (tertiary/aromatic N) is 4. The van der Waals surface area contributed by atoms with E-state index >= 15 is 0 Å². The molecule has 0 aliphatic carbocycles. The van der Waals surface area contributed by atoms with E-state index in [1.807, 2.05) is 39.1 Å². The second kappa shape index (κ2) is 4.31. The molecule has 1 aromatic carbocycles. The predicted molar refractivity (Wildman–Crippen MR) is 71.9 cm³/mol. The van der Waals surface area contributed by atoms with Crippen LogP contribution in [0.3, 0.4) is 0 Å². The van der Waals surface area contributed by atoms with Crippen LogP contribution in [0.25, 0.3) is 22.4 Å². The summed E-state index contributed by atoms with van der Waals surface area (Å²) in [6.45, 7) is 3.63. The third-order valence-corrected chi connectivity index (χ3v) is 2.80. The molecule has 0 saturated heterocycles. The first-order valence-corrected chi connectivity index (χ1v) is 5.94. The van der Waals surface area contributed by atoms with Gasteiger partial charge in [-0.3, -0.25) is 0 Å². The summed E-state index contributed by atoms with van der Waals surface area (Å²) in [5.74, 6) is 1.98. The van der Waals surface area contributed by atoms with Gasteiger partial charge in [0.25, 0.3) is 0 Å². The van der Waals surface area contributed by atoms with E-state index in [9.17, 15) is 0 Å². The zero-order valence-corrected chi connectivity index (χ0v) is 10.9. The third kappa shape index (κ3) is 2.01. The fraction of sp³-hybridized carbons (Fsp3) is 0.231. The maximum absolute atomic E-state index is 5.46. The Kier molecular flexibility index (Phi) is 2.63. The van der Waals surface area contributed by atoms with Gasteiger partial charge in [-0.1, -0.05) is 0 Å². The molecule has 96 valence electrons. The van der Waals surface area contributed by atoms with Crippen molar-refractivity contribution in [2.45, 2.75) is 13.8 Å². The Balaban J connectivity index is 2.18. The molecule has 0 radical (unpaired) electrons. The first kappa shape index (κ1) is 11.6. The van der Waals surface area contributed by atoms with Crippen molar-refractivity contribution in [2.75, 3.05) is 12.4 Å². The molecule has 0 saturated carbocycles. The summed E-state index contributed by atoms with van der Waals surface area (Å²) < 4.78 is 5.46.